The van der Waals surface area contributed by atoms with E-state index in [9.17, 15) is 9.59 Å². The van der Waals surface area contributed by atoms with E-state index in [4.69, 9.17) is 5.11 Å². The Morgan fingerprint density at radius 1 is 1.50 bits per heavy atom. The number of amides is 1. The van der Waals surface area contributed by atoms with Crippen LogP contribution in [0.4, 0.5) is 0 Å². The van der Waals surface area contributed by atoms with E-state index in [1.807, 2.05) is 0 Å². The number of allylic oxidation sites excluding steroid dienone is 1. The van der Waals surface area contributed by atoms with E-state index in [0.29, 0.717) is 12.8 Å². The van der Waals surface area contributed by atoms with E-state index in [0.717, 1.165) is 0 Å². The summed E-state index contributed by atoms with van der Waals surface area (Å²) in [7, 11) is 0. The molecular formula is C10H17NO3. The predicted molar refractivity (Wildman–Crippen MR) is 53.9 cm³/mol. The monoisotopic (exact) mass is 199 g/mol. The number of carbonyl (C=O) groups is 2. The first kappa shape index (κ1) is 12.7. The van der Waals surface area contributed by atoms with Gasteiger partial charge in [0.1, 0.15) is 6.54 Å². The van der Waals surface area contributed by atoms with E-state index >= 15 is 0 Å². The van der Waals surface area contributed by atoms with Crippen molar-refractivity contribution in [1.82, 2.24) is 4.90 Å². The minimum atomic E-state index is -0.981. The Kier molecular flexibility index (Phi) is 5.60. The first-order chi connectivity index (χ1) is 6.49. The summed E-state index contributed by atoms with van der Waals surface area (Å²) < 4.78 is 0. The Balaban J connectivity index is 4.25. The second-order valence-electron chi connectivity index (χ2n) is 3.34. The van der Waals surface area contributed by atoms with Gasteiger partial charge in [0.25, 0.3) is 0 Å². The lowest BCUT2D eigenvalue weighted by atomic mass is 10.2. The summed E-state index contributed by atoms with van der Waals surface area (Å²) in [6.45, 7) is 6.88. The molecule has 0 radical (unpaired) electrons. The summed E-state index contributed by atoms with van der Waals surface area (Å²) in [6, 6.07) is -0.0802. The van der Waals surface area contributed by atoms with Crippen molar-refractivity contribution in [2.24, 2.45) is 0 Å². The average Bonchev–Trinajstić information content (AvgIpc) is 2.09. The standard InChI is InChI=1S/C10H17NO3/c1-4-5-6-9(12)11(8(2)3)7-10(13)14/h4,8H,1,5-7H2,2-3H3,(H,13,14). The third-order valence-electron chi connectivity index (χ3n) is 1.81. The summed E-state index contributed by atoms with van der Waals surface area (Å²) in [5.74, 6) is -1.12. The molecule has 4 heteroatoms. The fraction of sp³-hybridized carbons (Fsp3) is 0.600. The van der Waals surface area contributed by atoms with E-state index in [-0.39, 0.29) is 18.5 Å². The smallest absolute Gasteiger partial charge is 0.323 e. The molecule has 0 aromatic rings. The minimum Gasteiger partial charge on any atom is -0.480 e. The van der Waals surface area contributed by atoms with Gasteiger partial charge in [0, 0.05) is 12.5 Å². The van der Waals surface area contributed by atoms with Crippen LogP contribution in [0.3, 0.4) is 0 Å². The van der Waals surface area contributed by atoms with Gasteiger partial charge in [0.2, 0.25) is 5.91 Å². The topological polar surface area (TPSA) is 57.6 Å². The quantitative estimate of drug-likeness (QED) is 0.655. The zero-order valence-electron chi connectivity index (χ0n) is 8.69. The number of hydrogen-bond donors (Lipinski definition) is 1. The maximum atomic E-state index is 11.5. The number of rotatable bonds is 6. The second kappa shape index (κ2) is 6.18. The van der Waals surface area contributed by atoms with Gasteiger partial charge in [-0.3, -0.25) is 9.59 Å². The van der Waals surface area contributed by atoms with Crippen molar-refractivity contribution in [3.05, 3.63) is 12.7 Å². The Labute approximate surface area is 84.2 Å². The SMILES string of the molecule is C=CCCC(=O)N(CC(=O)O)C(C)C. The van der Waals surface area contributed by atoms with Crippen LogP contribution >= 0.6 is 0 Å². The molecular weight excluding hydrogens is 182 g/mol. The molecule has 0 saturated carbocycles. The summed E-state index contributed by atoms with van der Waals surface area (Å²) in [4.78, 5) is 23.3. The number of hydrogen-bond acceptors (Lipinski definition) is 2. The van der Waals surface area contributed by atoms with Crippen LogP contribution in [0.1, 0.15) is 26.7 Å². The van der Waals surface area contributed by atoms with Crippen molar-refractivity contribution in [3.63, 3.8) is 0 Å². The Hall–Kier alpha value is -1.32. The number of nitrogens with zero attached hydrogens (tertiary/aromatic N) is 1. The second-order valence-corrected chi connectivity index (χ2v) is 3.34. The molecule has 80 valence electrons. The molecule has 4 nitrogen and oxygen atoms in total. The largest absolute Gasteiger partial charge is 0.480 e. The van der Waals surface area contributed by atoms with Gasteiger partial charge in [0.05, 0.1) is 0 Å². The van der Waals surface area contributed by atoms with Crippen LogP contribution in [0.15, 0.2) is 12.7 Å². The number of aliphatic carboxylic acids is 1. The highest BCUT2D eigenvalue weighted by Crippen LogP contribution is 2.03. The normalized spacial score (nSPS) is 9.93. The lowest BCUT2D eigenvalue weighted by Crippen LogP contribution is -2.40. The van der Waals surface area contributed by atoms with E-state index in [1.54, 1.807) is 19.9 Å². The molecule has 0 aromatic heterocycles. The highest BCUT2D eigenvalue weighted by molar-refractivity contribution is 5.81. The maximum Gasteiger partial charge on any atom is 0.323 e. The van der Waals surface area contributed by atoms with Crippen LogP contribution in [0, 0.1) is 0 Å². The van der Waals surface area contributed by atoms with Crippen LogP contribution in [0.2, 0.25) is 0 Å². The molecule has 0 spiro atoms. The number of carbonyl (C=O) groups excluding carboxylic acids is 1. The van der Waals surface area contributed by atoms with Crippen LogP contribution in [-0.2, 0) is 9.59 Å². The maximum absolute atomic E-state index is 11.5. The zero-order valence-corrected chi connectivity index (χ0v) is 8.69. The molecule has 1 amide bonds. The molecule has 0 aliphatic carbocycles. The van der Waals surface area contributed by atoms with Crippen molar-refractivity contribution in [2.75, 3.05) is 6.54 Å². The van der Waals surface area contributed by atoms with Crippen molar-refractivity contribution in [1.29, 1.82) is 0 Å². The minimum absolute atomic E-state index is 0.0802. The molecule has 0 aliphatic heterocycles. The van der Waals surface area contributed by atoms with Crippen LogP contribution in [0.5, 0.6) is 0 Å². The summed E-state index contributed by atoms with van der Waals surface area (Å²) in [6.07, 6.45) is 2.56. The summed E-state index contributed by atoms with van der Waals surface area (Å²) >= 11 is 0. The van der Waals surface area contributed by atoms with Gasteiger partial charge in [-0.2, -0.15) is 0 Å². The molecule has 0 fully saturated rings. The third kappa shape index (κ3) is 4.64. The van der Waals surface area contributed by atoms with E-state index in [1.165, 1.54) is 4.90 Å². The summed E-state index contributed by atoms with van der Waals surface area (Å²) in [5.41, 5.74) is 0. The summed E-state index contributed by atoms with van der Waals surface area (Å²) in [5, 5.41) is 8.59. The first-order valence-corrected chi connectivity index (χ1v) is 4.61. The lowest BCUT2D eigenvalue weighted by molar-refractivity contribution is -0.145. The molecule has 14 heavy (non-hydrogen) atoms. The molecule has 0 rings (SSSR count). The molecule has 0 atom stereocenters. The number of carboxylic acid groups (broad SMARTS) is 1. The van der Waals surface area contributed by atoms with Crippen molar-refractivity contribution >= 4 is 11.9 Å². The lowest BCUT2D eigenvalue weighted by Gasteiger charge is -2.24. The van der Waals surface area contributed by atoms with Crippen molar-refractivity contribution in [2.45, 2.75) is 32.7 Å². The zero-order chi connectivity index (χ0) is 11.1. The van der Waals surface area contributed by atoms with Gasteiger partial charge < -0.3 is 10.0 Å². The highest BCUT2D eigenvalue weighted by Gasteiger charge is 2.18. The van der Waals surface area contributed by atoms with Gasteiger partial charge in [0.15, 0.2) is 0 Å². The van der Waals surface area contributed by atoms with Crippen molar-refractivity contribution < 1.29 is 14.7 Å². The van der Waals surface area contributed by atoms with Gasteiger partial charge in [-0.05, 0) is 20.3 Å². The van der Waals surface area contributed by atoms with Gasteiger partial charge >= 0.3 is 5.97 Å². The Morgan fingerprint density at radius 3 is 2.43 bits per heavy atom. The average molecular weight is 199 g/mol. The fourth-order valence-electron chi connectivity index (χ4n) is 1.07. The molecule has 0 aliphatic rings. The molecule has 0 heterocycles. The Bertz CT molecular complexity index is 223. The van der Waals surface area contributed by atoms with Gasteiger partial charge in [-0.15, -0.1) is 6.58 Å². The van der Waals surface area contributed by atoms with Crippen molar-refractivity contribution in [3.8, 4) is 0 Å². The third-order valence-corrected chi connectivity index (χ3v) is 1.81. The predicted octanol–water partition coefficient (Wildman–Crippen LogP) is 1.27. The molecule has 0 bridgehead atoms. The van der Waals surface area contributed by atoms with Crippen LogP contribution in [0.25, 0.3) is 0 Å². The molecule has 0 saturated heterocycles. The molecule has 0 unspecified atom stereocenters. The first-order valence-electron chi connectivity index (χ1n) is 4.61. The molecule has 0 aromatic carbocycles. The van der Waals surface area contributed by atoms with Crippen LogP contribution in [-0.4, -0.2) is 34.5 Å². The van der Waals surface area contributed by atoms with E-state index < -0.39 is 5.97 Å². The number of carboxylic acids is 1. The van der Waals surface area contributed by atoms with E-state index in [2.05, 4.69) is 6.58 Å². The van der Waals surface area contributed by atoms with Gasteiger partial charge in [-0.25, -0.2) is 0 Å². The van der Waals surface area contributed by atoms with Gasteiger partial charge in [-0.1, -0.05) is 6.08 Å². The fourth-order valence-corrected chi connectivity index (χ4v) is 1.07. The Morgan fingerprint density at radius 2 is 2.07 bits per heavy atom. The van der Waals surface area contributed by atoms with Crippen LogP contribution < -0.4 is 0 Å². The highest BCUT2D eigenvalue weighted by atomic mass is 16.4. The molecule has 1 N–H and O–H groups in total.